The minimum atomic E-state index is -2.31. The number of ether oxygens (including phenoxy) is 1. The molecule has 1 aromatic heterocycles. The molecular weight excluding hydrogens is 806 g/mol. The number of piperidine rings is 1. The number of nitrogens with one attached hydrogen (secondary N) is 2. The SMILES string of the molecule is CCNC(=O)CC1N=C(c2ccc(Cl)cc2)c2cc(OCC(=O)NCc3cccc(C4CCN(C(=O)Cc5cccc(C=C[Si](C)(C)O)c5)CC4)c3)ccc2-n2c(C)nnc21. The summed E-state index contributed by atoms with van der Waals surface area (Å²) in [7, 11) is -2.31. The van der Waals surface area contributed by atoms with Crippen LogP contribution >= 0.6 is 11.6 Å². The van der Waals surface area contributed by atoms with Crippen LogP contribution in [-0.4, -0.2) is 82.5 Å². The van der Waals surface area contributed by atoms with E-state index in [1.807, 2.05) is 109 Å². The van der Waals surface area contributed by atoms with Crippen LogP contribution in [0.5, 0.6) is 5.75 Å². The summed E-state index contributed by atoms with van der Waals surface area (Å²) < 4.78 is 7.99. The Morgan fingerprint density at radius 1 is 0.918 bits per heavy atom. The quantitative estimate of drug-likeness (QED) is 0.101. The first-order chi connectivity index (χ1) is 29.3. The molecule has 5 aromatic rings. The van der Waals surface area contributed by atoms with E-state index in [1.54, 1.807) is 18.2 Å². The fraction of sp³-hybridized carbons (Fsp3) is 0.319. The summed E-state index contributed by atoms with van der Waals surface area (Å²) >= 11 is 6.26. The lowest BCUT2D eigenvalue weighted by Crippen LogP contribution is -2.38. The summed E-state index contributed by atoms with van der Waals surface area (Å²) in [5.41, 5.74) is 8.97. The highest BCUT2D eigenvalue weighted by atomic mass is 35.5. The minimum Gasteiger partial charge on any atom is -0.484 e. The van der Waals surface area contributed by atoms with E-state index in [2.05, 4.69) is 33.0 Å². The molecule has 3 amide bonds. The number of benzene rings is 4. The average Bonchev–Trinajstić information content (AvgIpc) is 3.57. The van der Waals surface area contributed by atoms with Crippen molar-refractivity contribution in [3.63, 3.8) is 0 Å². The fourth-order valence-corrected chi connectivity index (χ4v) is 8.52. The van der Waals surface area contributed by atoms with E-state index in [-0.39, 0.29) is 30.7 Å². The van der Waals surface area contributed by atoms with Crippen molar-refractivity contribution in [2.45, 2.75) is 71.1 Å². The molecule has 1 atom stereocenters. The molecule has 3 heterocycles. The van der Waals surface area contributed by atoms with Crippen molar-refractivity contribution in [1.82, 2.24) is 30.3 Å². The summed E-state index contributed by atoms with van der Waals surface area (Å²) in [6, 6.07) is 28.5. The van der Waals surface area contributed by atoms with Crippen molar-refractivity contribution >= 4 is 49.4 Å². The Labute approximate surface area is 362 Å². The van der Waals surface area contributed by atoms with E-state index < -0.39 is 14.4 Å². The van der Waals surface area contributed by atoms with Gasteiger partial charge in [0, 0.05) is 42.3 Å². The minimum absolute atomic E-state index is 0.0893. The highest BCUT2D eigenvalue weighted by Gasteiger charge is 2.30. The number of halogens is 1. The second kappa shape index (κ2) is 19.2. The first kappa shape index (κ1) is 43.2. The first-order valence-corrected chi connectivity index (χ1v) is 24.2. The zero-order chi connectivity index (χ0) is 43.1. The van der Waals surface area contributed by atoms with Gasteiger partial charge in [0.05, 0.1) is 24.2 Å². The van der Waals surface area contributed by atoms with Crippen LogP contribution in [0.25, 0.3) is 11.8 Å². The van der Waals surface area contributed by atoms with Gasteiger partial charge in [-0.1, -0.05) is 84.0 Å². The Hall–Kier alpha value is -5.89. The van der Waals surface area contributed by atoms with Crippen molar-refractivity contribution in [2.75, 3.05) is 26.2 Å². The van der Waals surface area contributed by atoms with Crippen LogP contribution in [0.3, 0.4) is 0 Å². The van der Waals surface area contributed by atoms with Gasteiger partial charge >= 0.3 is 0 Å². The van der Waals surface area contributed by atoms with Gasteiger partial charge in [0.25, 0.3) is 5.91 Å². The molecule has 0 aliphatic carbocycles. The van der Waals surface area contributed by atoms with Gasteiger partial charge in [0.1, 0.15) is 17.6 Å². The Kier molecular flexibility index (Phi) is 13.6. The van der Waals surface area contributed by atoms with Gasteiger partial charge in [-0.15, -0.1) is 10.2 Å². The maximum absolute atomic E-state index is 13.3. The molecule has 1 saturated heterocycles. The van der Waals surface area contributed by atoms with Crippen LogP contribution < -0.4 is 15.4 Å². The van der Waals surface area contributed by atoms with Crippen LogP contribution in [0.15, 0.2) is 102 Å². The van der Waals surface area contributed by atoms with Gasteiger partial charge in [-0.25, -0.2) is 0 Å². The first-order valence-electron chi connectivity index (χ1n) is 20.8. The third-order valence-corrected chi connectivity index (χ3v) is 12.1. The largest absolute Gasteiger partial charge is 0.484 e. The summed E-state index contributed by atoms with van der Waals surface area (Å²) in [4.78, 5) is 56.5. The van der Waals surface area contributed by atoms with Gasteiger partial charge < -0.3 is 25.1 Å². The highest BCUT2D eigenvalue weighted by Crippen LogP contribution is 2.35. The molecule has 12 nitrogen and oxygen atoms in total. The molecule has 0 spiro atoms. The molecule has 0 radical (unpaired) electrons. The number of fused-ring (bicyclic) bond motifs is 3. The van der Waals surface area contributed by atoms with Gasteiger partial charge in [0.15, 0.2) is 12.4 Å². The van der Waals surface area contributed by atoms with Gasteiger partial charge in [-0.05, 0) is 98.3 Å². The number of aromatic nitrogens is 3. The normalized spacial score (nSPS) is 15.4. The number of amides is 3. The molecule has 316 valence electrons. The topological polar surface area (TPSA) is 151 Å². The van der Waals surface area contributed by atoms with Crippen molar-refractivity contribution in [2.24, 2.45) is 4.99 Å². The number of aryl methyl sites for hydroxylation is 1. The standard InChI is InChI=1S/C47H52ClN7O5Si/c1-5-49-43(56)28-41-47-53-52-31(2)55(47)42-17-16-39(27-40(42)46(51-41)36-12-14-38(48)15-13-36)60-30-44(57)50-29-34-10-7-11-37(25-34)35-18-21-54(22-19-35)45(58)26-33-9-6-8-32(24-33)20-23-61(3,4)59/h6-17,20,23-25,27,35,41,59H,5,18-19,21-22,26,28-30H2,1-4H3,(H,49,56)(H,50,57). The maximum Gasteiger partial charge on any atom is 0.258 e. The predicted octanol–water partition coefficient (Wildman–Crippen LogP) is 7.04. The summed E-state index contributed by atoms with van der Waals surface area (Å²) in [6.45, 7) is 9.50. The van der Waals surface area contributed by atoms with E-state index >= 15 is 0 Å². The smallest absolute Gasteiger partial charge is 0.258 e. The van der Waals surface area contributed by atoms with Gasteiger partial charge in [-0.2, -0.15) is 0 Å². The number of carbonyl (C=O) groups excluding carboxylic acids is 3. The Balaban J connectivity index is 0.963. The van der Waals surface area contributed by atoms with Crippen molar-refractivity contribution in [1.29, 1.82) is 0 Å². The molecule has 61 heavy (non-hydrogen) atoms. The van der Waals surface area contributed by atoms with Crippen LogP contribution in [0, 0.1) is 6.92 Å². The van der Waals surface area contributed by atoms with Crippen molar-refractivity contribution in [3.8, 4) is 11.4 Å². The highest BCUT2D eigenvalue weighted by molar-refractivity contribution is 6.75. The zero-order valence-electron chi connectivity index (χ0n) is 35.0. The number of hydrogen-bond acceptors (Lipinski definition) is 8. The molecule has 1 fully saturated rings. The summed E-state index contributed by atoms with van der Waals surface area (Å²) in [5.74, 6) is 1.71. The summed E-state index contributed by atoms with van der Waals surface area (Å²) in [5, 5.41) is 15.2. The van der Waals surface area contributed by atoms with Crippen LogP contribution in [-0.2, 0) is 27.3 Å². The number of likely N-dealkylation sites (tertiary alicyclic amines) is 1. The molecule has 7 rings (SSSR count). The van der Waals surface area contributed by atoms with Crippen LogP contribution in [0.2, 0.25) is 18.1 Å². The van der Waals surface area contributed by atoms with Gasteiger partial charge in [-0.3, -0.25) is 23.9 Å². The van der Waals surface area contributed by atoms with E-state index in [9.17, 15) is 19.2 Å². The zero-order valence-corrected chi connectivity index (χ0v) is 36.8. The van der Waals surface area contributed by atoms with E-state index in [0.29, 0.717) is 66.7 Å². The second-order valence-electron chi connectivity index (χ2n) is 16.2. The monoisotopic (exact) mass is 857 g/mol. The molecule has 0 bridgehead atoms. The van der Waals surface area contributed by atoms with Crippen LogP contribution in [0.4, 0.5) is 0 Å². The van der Waals surface area contributed by atoms with Crippen LogP contribution in [0.1, 0.15) is 83.2 Å². The fourth-order valence-electron chi connectivity index (χ4n) is 7.80. The molecule has 2 aliphatic heterocycles. The lowest BCUT2D eigenvalue weighted by atomic mass is 9.88. The summed E-state index contributed by atoms with van der Waals surface area (Å²) in [6.07, 6.45) is 4.11. The van der Waals surface area contributed by atoms with E-state index in [1.165, 1.54) is 5.56 Å². The number of aliphatic imine (C=N–C) groups is 1. The molecular formula is C47H52ClN7O5Si. The lowest BCUT2D eigenvalue weighted by molar-refractivity contribution is -0.131. The van der Waals surface area contributed by atoms with E-state index in [0.717, 1.165) is 46.3 Å². The molecule has 3 N–H and O–H groups in total. The number of rotatable bonds is 14. The van der Waals surface area contributed by atoms with E-state index in [4.69, 9.17) is 21.3 Å². The molecule has 1 unspecified atom stereocenters. The molecule has 0 saturated carbocycles. The third kappa shape index (κ3) is 11.1. The van der Waals surface area contributed by atoms with Crippen molar-refractivity contribution < 1.29 is 23.9 Å². The number of carbonyl (C=O) groups is 3. The third-order valence-electron chi connectivity index (χ3n) is 10.9. The molecule has 2 aliphatic rings. The van der Waals surface area contributed by atoms with Crippen molar-refractivity contribution in [3.05, 3.63) is 147 Å². The predicted molar refractivity (Wildman–Crippen MR) is 240 cm³/mol. The second-order valence-corrected chi connectivity index (χ2v) is 20.2. The Morgan fingerprint density at radius 2 is 1.67 bits per heavy atom. The number of hydrogen-bond donors (Lipinski definition) is 3. The Bertz CT molecular complexity index is 2450. The molecule has 14 heteroatoms. The number of nitrogens with zero attached hydrogens (tertiary/aromatic N) is 5. The van der Waals surface area contributed by atoms with Gasteiger partial charge in [0.2, 0.25) is 20.1 Å². The Morgan fingerprint density at radius 3 is 2.43 bits per heavy atom. The maximum atomic E-state index is 13.3. The lowest BCUT2D eigenvalue weighted by Gasteiger charge is -2.32. The average molecular weight is 859 g/mol. The molecule has 4 aromatic carbocycles.